The molecule has 0 saturated heterocycles. The first-order valence-corrected chi connectivity index (χ1v) is 10.0. The van der Waals surface area contributed by atoms with Crippen LogP contribution in [0.25, 0.3) is 0 Å². The minimum absolute atomic E-state index is 0.390. The fourth-order valence-corrected chi connectivity index (χ4v) is 5.75. The number of rotatable bonds is 6. The topological polar surface area (TPSA) is 72.2 Å². The average Bonchev–Trinajstić information content (AvgIpc) is 2.81. The average molecular weight is 331 g/mol. The molecule has 1 aromatic heterocycles. The zero-order chi connectivity index (χ0) is 15.5. The normalized spacial score (nSPS) is 23.4. The standard InChI is InChI=1S/C15H26N2O2S2/c1-11-4-3-5-13(8-11)6-7-17-21(18,19)15-9-14(10-16)20-12(15)2/h9,11,13,17H,3-8,10,16H2,1-2H3. The number of thiophene rings is 1. The second kappa shape index (κ2) is 7.22. The largest absolute Gasteiger partial charge is 0.326 e. The van der Waals surface area contributed by atoms with Crippen molar-refractivity contribution < 1.29 is 8.42 Å². The summed E-state index contributed by atoms with van der Waals surface area (Å²) < 4.78 is 27.4. The van der Waals surface area contributed by atoms with E-state index >= 15 is 0 Å². The Morgan fingerprint density at radius 3 is 2.81 bits per heavy atom. The van der Waals surface area contributed by atoms with Gasteiger partial charge in [-0.1, -0.05) is 26.2 Å². The third kappa shape index (κ3) is 4.52. The summed E-state index contributed by atoms with van der Waals surface area (Å²) in [7, 11) is -3.39. The van der Waals surface area contributed by atoms with E-state index in [0.29, 0.717) is 23.9 Å². The number of hydrogen-bond acceptors (Lipinski definition) is 4. The Morgan fingerprint density at radius 2 is 2.19 bits per heavy atom. The predicted molar refractivity (Wildman–Crippen MR) is 87.9 cm³/mol. The van der Waals surface area contributed by atoms with E-state index in [1.54, 1.807) is 6.07 Å². The van der Waals surface area contributed by atoms with Gasteiger partial charge in [0.25, 0.3) is 0 Å². The zero-order valence-electron chi connectivity index (χ0n) is 12.9. The Balaban J connectivity index is 1.90. The Hall–Kier alpha value is -0.430. The Bertz CT molecular complexity index is 566. The van der Waals surface area contributed by atoms with Crippen LogP contribution >= 0.6 is 11.3 Å². The molecule has 0 aliphatic heterocycles. The van der Waals surface area contributed by atoms with Crippen LogP contribution in [-0.2, 0) is 16.6 Å². The van der Waals surface area contributed by atoms with Crippen LogP contribution in [-0.4, -0.2) is 15.0 Å². The minimum Gasteiger partial charge on any atom is -0.326 e. The van der Waals surface area contributed by atoms with Crippen molar-refractivity contribution in [3.63, 3.8) is 0 Å². The summed E-state index contributed by atoms with van der Waals surface area (Å²) >= 11 is 1.46. The molecular formula is C15H26N2O2S2. The molecule has 21 heavy (non-hydrogen) atoms. The summed E-state index contributed by atoms with van der Waals surface area (Å²) in [6.07, 6.45) is 6.01. The first-order valence-electron chi connectivity index (χ1n) is 7.71. The van der Waals surface area contributed by atoms with Crippen LogP contribution in [0.1, 0.15) is 48.8 Å². The van der Waals surface area contributed by atoms with Crippen molar-refractivity contribution in [3.8, 4) is 0 Å². The van der Waals surface area contributed by atoms with Gasteiger partial charge in [0.1, 0.15) is 0 Å². The predicted octanol–water partition coefficient (Wildman–Crippen LogP) is 3.01. The number of aryl methyl sites for hydroxylation is 1. The van der Waals surface area contributed by atoms with E-state index in [-0.39, 0.29) is 0 Å². The second-order valence-corrected chi connectivity index (χ2v) is 9.24. The fraction of sp³-hybridized carbons (Fsp3) is 0.733. The van der Waals surface area contributed by atoms with Gasteiger partial charge < -0.3 is 5.73 Å². The van der Waals surface area contributed by atoms with Gasteiger partial charge in [0, 0.05) is 22.8 Å². The molecule has 0 amide bonds. The van der Waals surface area contributed by atoms with Crippen LogP contribution in [0.3, 0.4) is 0 Å². The van der Waals surface area contributed by atoms with E-state index in [2.05, 4.69) is 11.6 Å². The number of nitrogens with one attached hydrogen (secondary N) is 1. The van der Waals surface area contributed by atoms with E-state index in [1.165, 1.54) is 37.0 Å². The maximum Gasteiger partial charge on any atom is 0.241 e. The summed E-state index contributed by atoms with van der Waals surface area (Å²) in [5, 5.41) is 0. The molecule has 0 bridgehead atoms. The van der Waals surface area contributed by atoms with Gasteiger partial charge in [-0.25, -0.2) is 13.1 Å². The van der Waals surface area contributed by atoms with E-state index < -0.39 is 10.0 Å². The zero-order valence-corrected chi connectivity index (χ0v) is 14.5. The molecule has 1 aliphatic rings. The third-order valence-electron chi connectivity index (χ3n) is 4.30. The molecule has 1 heterocycles. The third-order valence-corrected chi connectivity index (χ3v) is 7.09. The molecule has 2 unspecified atom stereocenters. The smallest absolute Gasteiger partial charge is 0.241 e. The first-order chi connectivity index (χ1) is 9.92. The monoisotopic (exact) mass is 330 g/mol. The van der Waals surface area contributed by atoms with Crippen molar-refractivity contribution in [1.29, 1.82) is 0 Å². The molecule has 1 aliphatic carbocycles. The maximum atomic E-state index is 12.3. The van der Waals surface area contributed by atoms with Crippen LogP contribution in [0.5, 0.6) is 0 Å². The quantitative estimate of drug-likeness (QED) is 0.842. The number of nitrogens with two attached hydrogens (primary N) is 1. The molecule has 3 N–H and O–H groups in total. The van der Waals surface area contributed by atoms with Gasteiger partial charge in [0.05, 0.1) is 4.90 Å². The van der Waals surface area contributed by atoms with Gasteiger partial charge in [-0.15, -0.1) is 11.3 Å². The summed E-state index contributed by atoms with van der Waals surface area (Å²) in [5.74, 6) is 1.45. The van der Waals surface area contributed by atoms with E-state index in [9.17, 15) is 8.42 Å². The van der Waals surface area contributed by atoms with Gasteiger partial charge in [0.2, 0.25) is 10.0 Å². The highest BCUT2D eigenvalue weighted by atomic mass is 32.2. The SMILES string of the molecule is Cc1sc(CN)cc1S(=O)(=O)NCCC1CCCC(C)C1. The van der Waals surface area contributed by atoms with Crippen LogP contribution in [0.4, 0.5) is 0 Å². The molecule has 6 heteroatoms. The van der Waals surface area contributed by atoms with E-state index in [1.807, 2.05) is 6.92 Å². The Kier molecular flexibility index (Phi) is 5.82. The van der Waals surface area contributed by atoms with Crippen LogP contribution in [0, 0.1) is 18.8 Å². The molecule has 1 fully saturated rings. The van der Waals surface area contributed by atoms with Crippen molar-refractivity contribution in [1.82, 2.24) is 4.72 Å². The van der Waals surface area contributed by atoms with Gasteiger partial charge in [-0.2, -0.15) is 0 Å². The first kappa shape index (κ1) is 16.9. The van der Waals surface area contributed by atoms with E-state index in [4.69, 9.17) is 5.73 Å². The van der Waals surface area contributed by atoms with Crippen molar-refractivity contribution >= 4 is 21.4 Å². The van der Waals surface area contributed by atoms with Crippen molar-refractivity contribution in [2.75, 3.05) is 6.54 Å². The highest BCUT2D eigenvalue weighted by Crippen LogP contribution is 2.30. The van der Waals surface area contributed by atoms with Gasteiger partial charge in [0.15, 0.2) is 0 Å². The maximum absolute atomic E-state index is 12.3. The highest BCUT2D eigenvalue weighted by Gasteiger charge is 2.22. The molecule has 0 radical (unpaired) electrons. The highest BCUT2D eigenvalue weighted by molar-refractivity contribution is 7.89. The molecule has 0 spiro atoms. The molecule has 0 aromatic carbocycles. The van der Waals surface area contributed by atoms with Gasteiger partial charge in [-0.3, -0.25) is 0 Å². The van der Waals surface area contributed by atoms with Gasteiger partial charge in [-0.05, 0) is 37.7 Å². The lowest BCUT2D eigenvalue weighted by molar-refractivity contribution is 0.271. The molecule has 2 rings (SSSR count). The Labute approximate surface area is 132 Å². The number of hydrogen-bond donors (Lipinski definition) is 2. The Morgan fingerprint density at radius 1 is 1.43 bits per heavy atom. The van der Waals surface area contributed by atoms with Gasteiger partial charge >= 0.3 is 0 Å². The van der Waals surface area contributed by atoms with Crippen LogP contribution in [0.15, 0.2) is 11.0 Å². The lowest BCUT2D eigenvalue weighted by Crippen LogP contribution is -2.27. The molecular weight excluding hydrogens is 304 g/mol. The fourth-order valence-electron chi connectivity index (χ4n) is 3.19. The molecule has 2 atom stereocenters. The summed E-state index contributed by atoms with van der Waals surface area (Å²) in [6.45, 7) is 5.05. The minimum atomic E-state index is -3.39. The van der Waals surface area contributed by atoms with Crippen LogP contribution in [0.2, 0.25) is 0 Å². The van der Waals surface area contributed by atoms with Crippen LogP contribution < -0.4 is 10.5 Å². The molecule has 4 nitrogen and oxygen atoms in total. The summed E-state index contributed by atoms with van der Waals surface area (Å²) in [6, 6.07) is 1.70. The lowest BCUT2D eigenvalue weighted by Gasteiger charge is -2.26. The van der Waals surface area contributed by atoms with Crippen molar-refractivity contribution in [2.45, 2.75) is 57.4 Å². The lowest BCUT2D eigenvalue weighted by atomic mass is 9.81. The summed E-state index contributed by atoms with van der Waals surface area (Å²) in [5.41, 5.74) is 5.58. The molecule has 1 aromatic rings. The van der Waals surface area contributed by atoms with E-state index in [0.717, 1.165) is 22.1 Å². The molecule has 120 valence electrons. The van der Waals surface area contributed by atoms with Crippen molar-refractivity contribution in [3.05, 3.63) is 15.8 Å². The summed E-state index contributed by atoms with van der Waals surface area (Å²) in [4.78, 5) is 2.12. The number of sulfonamides is 1. The second-order valence-electron chi connectivity index (χ2n) is 6.16. The molecule has 1 saturated carbocycles. The van der Waals surface area contributed by atoms with Crippen molar-refractivity contribution in [2.24, 2.45) is 17.6 Å².